The molecule has 0 heterocycles. The van der Waals surface area contributed by atoms with Gasteiger partial charge in [-0.1, -0.05) is 13.8 Å². The number of aromatic carboxylic acids is 1. The molecule has 0 bridgehead atoms. The third-order valence-electron chi connectivity index (χ3n) is 3.94. The molecule has 0 aliphatic carbocycles. The van der Waals surface area contributed by atoms with Gasteiger partial charge in [0.25, 0.3) is 0 Å². The number of aliphatic hydroxyl groups is 1. The van der Waals surface area contributed by atoms with Gasteiger partial charge in [0.1, 0.15) is 5.75 Å². The zero-order chi connectivity index (χ0) is 15.2. The Labute approximate surface area is 119 Å². The summed E-state index contributed by atoms with van der Waals surface area (Å²) < 4.78 is 5.23. The monoisotopic (exact) mass is 281 g/mol. The van der Waals surface area contributed by atoms with Crippen LogP contribution in [0, 0.1) is 5.41 Å². The third-order valence-corrected chi connectivity index (χ3v) is 3.94. The number of rotatable bonds is 8. The Bertz CT molecular complexity index is 447. The zero-order valence-corrected chi connectivity index (χ0v) is 12.3. The van der Waals surface area contributed by atoms with E-state index in [1.54, 1.807) is 19.2 Å². The summed E-state index contributed by atoms with van der Waals surface area (Å²) in [5.41, 5.74) is 0.632. The standard InChI is InChI=1S/C15H23NO4/c1-4-15(5-2,10-17)9-16-12-8-11(14(18)19)6-7-13(12)20-3/h6-8,16-17H,4-5,9-10H2,1-3H3,(H,18,19). The van der Waals surface area contributed by atoms with E-state index < -0.39 is 5.97 Å². The lowest BCUT2D eigenvalue weighted by atomic mass is 9.83. The number of anilines is 1. The van der Waals surface area contributed by atoms with Crippen LogP contribution in [0.4, 0.5) is 5.69 Å². The molecule has 5 nitrogen and oxygen atoms in total. The van der Waals surface area contributed by atoms with Crippen molar-refractivity contribution in [2.45, 2.75) is 26.7 Å². The predicted octanol–water partition coefficient (Wildman–Crippen LogP) is 2.60. The molecule has 0 fully saturated rings. The van der Waals surface area contributed by atoms with Gasteiger partial charge in [-0.2, -0.15) is 0 Å². The van der Waals surface area contributed by atoms with Gasteiger partial charge < -0.3 is 20.3 Å². The van der Waals surface area contributed by atoms with Crippen LogP contribution in [0.5, 0.6) is 5.75 Å². The van der Waals surface area contributed by atoms with Crippen LogP contribution >= 0.6 is 0 Å². The van der Waals surface area contributed by atoms with Crippen LogP contribution in [0.15, 0.2) is 18.2 Å². The van der Waals surface area contributed by atoms with Crippen LogP contribution < -0.4 is 10.1 Å². The maximum absolute atomic E-state index is 11.0. The van der Waals surface area contributed by atoms with E-state index >= 15 is 0 Å². The Morgan fingerprint density at radius 1 is 1.35 bits per heavy atom. The second kappa shape index (κ2) is 7.14. The number of benzene rings is 1. The first-order valence-corrected chi connectivity index (χ1v) is 6.78. The number of carboxylic acids is 1. The summed E-state index contributed by atoms with van der Waals surface area (Å²) in [5.74, 6) is -0.385. The number of hydrogen-bond acceptors (Lipinski definition) is 4. The van der Waals surface area contributed by atoms with E-state index in [1.165, 1.54) is 6.07 Å². The molecule has 0 unspecified atom stereocenters. The molecule has 0 aromatic heterocycles. The fourth-order valence-corrected chi connectivity index (χ4v) is 2.04. The van der Waals surface area contributed by atoms with Crippen LogP contribution in [0.1, 0.15) is 37.0 Å². The number of methoxy groups -OCH3 is 1. The summed E-state index contributed by atoms with van der Waals surface area (Å²) in [4.78, 5) is 11.0. The number of hydrogen-bond donors (Lipinski definition) is 3. The van der Waals surface area contributed by atoms with E-state index in [1.807, 2.05) is 13.8 Å². The van der Waals surface area contributed by atoms with Gasteiger partial charge in [0, 0.05) is 12.0 Å². The predicted molar refractivity (Wildman–Crippen MR) is 78.5 cm³/mol. The number of carbonyl (C=O) groups is 1. The van der Waals surface area contributed by atoms with Crippen molar-refractivity contribution in [3.63, 3.8) is 0 Å². The minimum atomic E-state index is -0.977. The SMILES string of the molecule is CCC(CC)(CO)CNc1cc(C(=O)O)ccc1OC. The molecular formula is C15H23NO4. The van der Waals surface area contributed by atoms with Gasteiger partial charge in [0.05, 0.1) is 25.0 Å². The van der Waals surface area contributed by atoms with Gasteiger partial charge >= 0.3 is 5.97 Å². The molecule has 1 rings (SSSR count). The van der Waals surface area contributed by atoms with Crippen LogP contribution in [-0.2, 0) is 0 Å². The molecule has 0 radical (unpaired) electrons. The van der Waals surface area contributed by atoms with Crippen molar-refractivity contribution in [2.75, 3.05) is 25.6 Å². The van der Waals surface area contributed by atoms with Crippen LogP contribution in [-0.4, -0.2) is 36.4 Å². The van der Waals surface area contributed by atoms with E-state index in [4.69, 9.17) is 9.84 Å². The first-order valence-electron chi connectivity index (χ1n) is 6.78. The molecule has 1 aromatic rings. The van der Waals surface area contributed by atoms with Crippen molar-refractivity contribution in [1.82, 2.24) is 0 Å². The van der Waals surface area contributed by atoms with Gasteiger partial charge in [0.2, 0.25) is 0 Å². The lowest BCUT2D eigenvalue weighted by Gasteiger charge is -2.30. The molecule has 3 N–H and O–H groups in total. The minimum Gasteiger partial charge on any atom is -0.495 e. The zero-order valence-electron chi connectivity index (χ0n) is 12.3. The second-order valence-electron chi connectivity index (χ2n) is 4.94. The summed E-state index contributed by atoms with van der Waals surface area (Å²) in [7, 11) is 1.54. The molecule has 0 atom stereocenters. The van der Waals surface area contributed by atoms with Crippen molar-refractivity contribution in [3.8, 4) is 5.75 Å². The van der Waals surface area contributed by atoms with Gasteiger partial charge in [0.15, 0.2) is 0 Å². The summed E-state index contributed by atoms with van der Waals surface area (Å²) in [5, 5.41) is 21.8. The fraction of sp³-hybridized carbons (Fsp3) is 0.533. The average Bonchev–Trinajstić information content (AvgIpc) is 2.49. The van der Waals surface area contributed by atoms with Gasteiger partial charge in [-0.05, 0) is 31.0 Å². The largest absolute Gasteiger partial charge is 0.495 e. The summed E-state index contributed by atoms with van der Waals surface area (Å²) in [6.45, 7) is 4.72. The Morgan fingerprint density at radius 3 is 2.45 bits per heavy atom. The van der Waals surface area contributed by atoms with E-state index in [9.17, 15) is 9.90 Å². The lowest BCUT2D eigenvalue weighted by molar-refractivity contribution is 0.0697. The quantitative estimate of drug-likeness (QED) is 0.682. The Kier molecular flexibility index (Phi) is 5.82. The summed E-state index contributed by atoms with van der Waals surface area (Å²) in [6, 6.07) is 4.68. The molecule has 20 heavy (non-hydrogen) atoms. The summed E-state index contributed by atoms with van der Waals surface area (Å²) in [6.07, 6.45) is 1.68. The van der Waals surface area contributed by atoms with Gasteiger partial charge in [-0.15, -0.1) is 0 Å². The van der Waals surface area contributed by atoms with Crippen molar-refractivity contribution in [2.24, 2.45) is 5.41 Å². The maximum atomic E-state index is 11.0. The highest BCUT2D eigenvalue weighted by Crippen LogP contribution is 2.30. The molecule has 112 valence electrons. The Balaban J connectivity index is 2.95. The number of aliphatic hydroxyl groups excluding tert-OH is 1. The molecule has 0 aliphatic rings. The van der Waals surface area contributed by atoms with E-state index in [0.29, 0.717) is 18.0 Å². The summed E-state index contributed by atoms with van der Waals surface area (Å²) >= 11 is 0. The number of ether oxygens (including phenoxy) is 1. The smallest absolute Gasteiger partial charge is 0.335 e. The third kappa shape index (κ3) is 3.63. The maximum Gasteiger partial charge on any atom is 0.335 e. The number of nitrogens with one attached hydrogen (secondary N) is 1. The highest BCUT2D eigenvalue weighted by molar-refractivity contribution is 5.89. The molecule has 0 aliphatic heterocycles. The lowest BCUT2D eigenvalue weighted by Crippen LogP contribution is -2.32. The van der Waals surface area contributed by atoms with Crippen molar-refractivity contribution in [1.29, 1.82) is 0 Å². The Hall–Kier alpha value is -1.75. The van der Waals surface area contributed by atoms with Crippen molar-refractivity contribution < 1.29 is 19.7 Å². The van der Waals surface area contributed by atoms with Crippen LogP contribution in [0.3, 0.4) is 0 Å². The normalized spacial score (nSPS) is 11.2. The highest BCUT2D eigenvalue weighted by Gasteiger charge is 2.25. The molecule has 0 saturated carbocycles. The van der Waals surface area contributed by atoms with E-state index in [0.717, 1.165) is 12.8 Å². The molecule has 1 aromatic carbocycles. The Morgan fingerprint density at radius 2 is 2.00 bits per heavy atom. The molecule has 0 amide bonds. The van der Waals surface area contributed by atoms with Crippen molar-refractivity contribution >= 4 is 11.7 Å². The van der Waals surface area contributed by atoms with E-state index in [2.05, 4.69) is 5.32 Å². The molecular weight excluding hydrogens is 258 g/mol. The van der Waals surface area contributed by atoms with Gasteiger partial charge in [-0.3, -0.25) is 0 Å². The topological polar surface area (TPSA) is 78.8 Å². The molecule has 0 spiro atoms. The van der Waals surface area contributed by atoms with Crippen LogP contribution in [0.2, 0.25) is 0 Å². The van der Waals surface area contributed by atoms with Gasteiger partial charge in [-0.25, -0.2) is 4.79 Å². The molecule has 0 saturated heterocycles. The fourth-order valence-electron chi connectivity index (χ4n) is 2.04. The minimum absolute atomic E-state index is 0.0912. The van der Waals surface area contributed by atoms with Crippen LogP contribution in [0.25, 0.3) is 0 Å². The average molecular weight is 281 g/mol. The first kappa shape index (κ1) is 16.3. The number of carboxylic acid groups (broad SMARTS) is 1. The van der Waals surface area contributed by atoms with E-state index in [-0.39, 0.29) is 17.6 Å². The highest BCUT2D eigenvalue weighted by atomic mass is 16.5. The second-order valence-corrected chi connectivity index (χ2v) is 4.94. The molecule has 5 heteroatoms. The first-order chi connectivity index (χ1) is 9.51. The van der Waals surface area contributed by atoms with Crippen molar-refractivity contribution in [3.05, 3.63) is 23.8 Å².